The molecule has 35 heavy (non-hydrogen) atoms. The van der Waals surface area contributed by atoms with Gasteiger partial charge in [-0.3, -0.25) is 0 Å². The van der Waals surface area contributed by atoms with Crippen molar-refractivity contribution in [1.29, 1.82) is 0 Å². The normalized spacial score (nSPS) is 24.8. The molecular formula is C22H28BCrF2NO8. The molecule has 0 aromatic heterocycles. The minimum atomic E-state index is -4.01. The van der Waals surface area contributed by atoms with Crippen molar-refractivity contribution in [3.8, 4) is 0 Å². The van der Waals surface area contributed by atoms with Gasteiger partial charge in [-0.15, -0.1) is 0 Å². The second kappa shape index (κ2) is 21.6. The van der Waals surface area contributed by atoms with Crippen LogP contribution in [0, 0.1) is 50.5 Å². The molecule has 0 unspecified atom stereocenters. The Morgan fingerprint density at radius 2 is 1.60 bits per heavy atom. The number of ketones is 1. The van der Waals surface area contributed by atoms with Crippen LogP contribution in [0.5, 0.6) is 0 Å². The van der Waals surface area contributed by atoms with Crippen molar-refractivity contribution in [3.05, 3.63) is 45.9 Å². The zero-order valence-electron chi connectivity index (χ0n) is 19.8. The summed E-state index contributed by atoms with van der Waals surface area (Å²) in [5, 5.41) is 0. The van der Waals surface area contributed by atoms with E-state index in [4.69, 9.17) is 32.7 Å². The van der Waals surface area contributed by atoms with E-state index in [1.54, 1.807) is 19.9 Å². The summed E-state index contributed by atoms with van der Waals surface area (Å²) in [4.78, 5) is 12.3. The third kappa shape index (κ3) is 9.71. The van der Waals surface area contributed by atoms with Gasteiger partial charge in [0.25, 0.3) is 0 Å². The molecule has 2 aliphatic rings. The van der Waals surface area contributed by atoms with Crippen molar-refractivity contribution in [2.45, 2.75) is 33.6 Å². The van der Waals surface area contributed by atoms with Crippen LogP contribution in [0.4, 0.5) is 8.63 Å². The summed E-state index contributed by atoms with van der Waals surface area (Å²) in [7, 11) is -4.01. The van der Waals surface area contributed by atoms with Crippen molar-refractivity contribution in [1.82, 2.24) is 0 Å². The van der Waals surface area contributed by atoms with E-state index in [-0.39, 0.29) is 33.1 Å². The molecule has 0 bridgehead atoms. The topological polar surface area (TPSA) is 135 Å². The van der Waals surface area contributed by atoms with E-state index in [0.717, 1.165) is 0 Å². The van der Waals surface area contributed by atoms with Gasteiger partial charge in [0.2, 0.25) is 0 Å². The summed E-state index contributed by atoms with van der Waals surface area (Å²) in [5.41, 5.74) is -0.607. The molecule has 1 aliphatic carbocycles. The Balaban J connectivity index is -0.000000426. The molecule has 1 heterocycles. The van der Waals surface area contributed by atoms with Crippen molar-refractivity contribution in [3.63, 3.8) is 0 Å². The molecular weight excluding hydrogens is 507 g/mol. The van der Waals surface area contributed by atoms with Crippen LogP contribution in [-0.2, 0) is 53.3 Å². The molecule has 3 atom stereocenters. The van der Waals surface area contributed by atoms with E-state index in [1.807, 2.05) is 6.92 Å². The summed E-state index contributed by atoms with van der Waals surface area (Å²) >= 11 is 2.77. The van der Waals surface area contributed by atoms with E-state index < -0.39 is 12.5 Å². The maximum absolute atomic E-state index is 14.8. The molecule has 13 heteroatoms. The Kier molecular flexibility index (Phi) is 25.0. The average Bonchev–Trinajstić information content (AvgIpc) is 2.91. The van der Waals surface area contributed by atoms with Crippen LogP contribution in [0.1, 0.15) is 33.6 Å². The molecule has 9 nitrogen and oxygen atoms in total. The molecule has 1 saturated carbocycles. The summed E-state index contributed by atoms with van der Waals surface area (Å²) in [6.45, 7) is 33.1. The number of quaternary nitrogens is 1. The third-order valence-corrected chi connectivity index (χ3v) is 7.11. The molecule has 1 spiro atoms. The van der Waals surface area contributed by atoms with Crippen LogP contribution in [-0.4, -0.2) is 54.6 Å². The number of rotatable bonds is 6. The van der Waals surface area contributed by atoms with Gasteiger partial charge in [-0.1, -0.05) is 0 Å². The van der Waals surface area contributed by atoms with E-state index >= 15 is 0 Å². The van der Waals surface area contributed by atoms with Gasteiger partial charge in [-0.2, -0.15) is 0 Å². The first-order chi connectivity index (χ1) is 16.7. The second-order valence-electron chi connectivity index (χ2n) is 7.32. The summed E-state index contributed by atoms with van der Waals surface area (Å²) in [5.74, 6) is -0.271. The number of hydrogen-bond donors (Lipinski definition) is 0. The molecule has 0 N–H and O–H groups in total. The van der Waals surface area contributed by atoms with E-state index in [9.17, 15) is 13.4 Å². The molecule has 0 aromatic carbocycles. The number of Topliss-reactive ketones (excluding diaryl/α,β-unsaturated/α-hetero) is 1. The third-order valence-electron chi connectivity index (χ3n) is 6.32. The Labute approximate surface area is 213 Å². The molecule has 2 fully saturated rings. The minimum absolute atomic E-state index is 0.166. The van der Waals surface area contributed by atoms with Gasteiger partial charge >= 0.3 is 213 Å². The Hall–Kier alpha value is -1.68. The summed E-state index contributed by atoms with van der Waals surface area (Å²) in [6, 6.07) is 0. The van der Waals surface area contributed by atoms with E-state index in [0.29, 0.717) is 39.1 Å². The van der Waals surface area contributed by atoms with Gasteiger partial charge in [0.1, 0.15) is 0 Å². The number of carbonyl (C=O) groups excluding carboxylic acids is 1. The van der Waals surface area contributed by atoms with Crippen LogP contribution in [0.15, 0.2) is 12.7 Å². The first kappa shape index (κ1) is 40.5. The second-order valence-corrected chi connectivity index (χ2v) is 7.90. The first-order valence-electron chi connectivity index (χ1n) is 10.0. The SMILES string of the molecule is C=CCOC[C@H]1[C@H](C)C(=O)CC[C@@]12C[N+](CC)(CC)[B-](F)(F)O[C]2=[Cr].[C-]#[O+].[C-]#[O+].[C-]#[O+].[C-]#[O+].[C-]#[O+]. The number of carbonyl (C=O) groups is 1. The van der Waals surface area contributed by atoms with Crippen LogP contribution in [0.3, 0.4) is 0 Å². The van der Waals surface area contributed by atoms with Crippen molar-refractivity contribution in [2.75, 3.05) is 32.8 Å². The average molecular weight is 535 g/mol. The van der Waals surface area contributed by atoms with E-state index in [1.165, 1.54) is 0 Å². The standard InChI is InChI=1S/C17H28BF2NO3.5CO.Cr/c1-5-10-23-11-15-14(4)16(22)8-9-17(15)12-21(6-2,7-3)18(19,20)24-13-17;5*1-2;/h5,14-15H,1,6-12H2,2-4H3;;;;;;/t14-,15-,17-;;;;;;/m0....../s1. The van der Waals surface area contributed by atoms with Gasteiger partial charge in [-0.05, 0) is 0 Å². The molecule has 1 saturated heterocycles. The molecule has 0 radical (unpaired) electrons. The molecule has 192 valence electrons. The van der Waals surface area contributed by atoms with Gasteiger partial charge < -0.3 is 0 Å². The number of hydrogen-bond acceptors (Lipinski definition) is 3. The van der Waals surface area contributed by atoms with Gasteiger partial charge in [-0.25, -0.2) is 0 Å². The fourth-order valence-corrected chi connectivity index (χ4v) is 5.13. The molecule has 0 aromatic rings. The Morgan fingerprint density at radius 3 is 2.00 bits per heavy atom. The van der Waals surface area contributed by atoms with Gasteiger partial charge in [0.15, 0.2) is 0 Å². The maximum atomic E-state index is 14.8. The van der Waals surface area contributed by atoms with Crippen molar-refractivity contribution in [2.24, 2.45) is 17.3 Å². The molecule has 0 amide bonds. The fraction of sp³-hybridized carbons (Fsp3) is 0.591. The molecule has 2 rings (SSSR count). The first-order valence-corrected chi connectivity index (χ1v) is 10.7. The summed E-state index contributed by atoms with van der Waals surface area (Å²) in [6.07, 6.45) is 2.56. The molecule has 1 aliphatic heterocycles. The van der Waals surface area contributed by atoms with Crippen LogP contribution in [0.25, 0.3) is 0 Å². The van der Waals surface area contributed by atoms with Gasteiger partial charge in [0.05, 0.1) is 0 Å². The Bertz CT molecular complexity index is 730. The number of nitrogens with zero attached hydrogens (tertiary/aromatic N) is 1. The summed E-state index contributed by atoms with van der Waals surface area (Å²) < 4.78 is 77.9. The quantitative estimate of drug-likeness (QED) is 0.170. The van der Waals surface area contributed by atoms with Gasteiger partial charge in [0, 0.05) is 0 Å². The number of ether oxygens (including phenoxy) is 1. The van der Waals surface area contributed by atoms with E-state index in [2.05, 4.69) is 55.7 Å². The van der Waals surface area contributed by atoms with Crippen LogP contribution in [0.2, 0.25) is 0 Å². The van der Waals surface area contributed by atoms with Crippen LogP contribution < -0.4 is 0 Å². The van der Waals surface area contributed by atoms with Crippen molar-refractivity contribution >= 4 is 17.4 Å². The van der Waals surface area contributed by atoms with Crippen molar-refractivity contribution < 1.29 is 66.3 Å². The predicted molar refractivity (Wildman–Crippen MR) is 110 cm³/mol. The predicted octanol–water partition coefficient (Wildman–Crippen LogP) is 2.54. The number of halogens is 2. The Morgan fingerprint density at radius 1 is 1.14 bits per heavy atom. The van der Waals surface area contributed by atoms with Crippen LogP contribution >= 0.6 is 0 Å². The zero-order valence-corrected chi connectivity index (χ0v) is 21.1. The zero-order chi connectivity index (χ0) is 28.9. The fourth-order valence-electron chi connectivity index (χ4n) is 4.46. The monoisotopic (exact) mass is 535 g/mol.